The molecule has 0 radical (unpaired) electrons. The topological polar surface area (TPSA) is 126 Å². The van der Waals surface area contributed by atoms with E-state index in [1.807, 2.05) is 6.07 Å². The van der Waals surface area contributed by atoms with Crippen molar-refractivity contribution in [3.05, 3.63) is 47.8 Å². The van der Waals surface area contributed by atoms with Gasteiger partial charge in [-0.05, 0) is 49.9 Å². The van der Waals surface area contributed by atoms with Gasteiger partial charge in [0, 0.05) is 38.1 Å². The number of carbonyl (C=O) groups excluding carboxylic acids is 2. The van der Waals surface area contributed by atoms with Crippen LogP contribution in [0.15, 0.2) is 41.4 Å². The number of anilines is 1. The van der Waals surface area contributed by atoms with Gasteiger partial charge in [-0.2, -0.15) is 9.57 Å². The Labute approximate surface area is 187 Å². The molecule has 9 nitrogen and oxygen atoms in total. The third kappa shape index (κ3) is 4.54. The monoisotopic (exact) mass is 455 g/mol. The fourth-order valence-electron chi connectivity index (χ4n) is 4.17. The number of aromatic nitrogens is 1. The van der Waals surface area contributed by atoms with Crippen molar-refractivity contribution in [3.63, 3.8) is 0 Å². The molecular weight excluding hydrogens is 430 g/mol. The van der Waals surface area contributed by atoms with Gasteiger partial charge in [-0.15, -0.1) is 0 Å². The Morgan fingerprint density at radius 2 is 1.91 bits per heavy atom. The number of nitrogens with one attached hydrogen (secondary N) is 2. The molecule has 0 saturated carbocycles. The summed E-state index contributed by atoms with van der Waals surface area (Å²) in [5.41, 5.74) is 1.20. The van der Waals surface area contributed by atoms with Crippen molar-refractivity contribution in [1.82, 2.24) is 14.2 Å². The maximum absolute atomic E-state index is 13.2. The third-order valence-corrected chi connectivity index (χ3v) is 7.78. The van der Waals surface area contributed by atoms with E-state index in [1.165, 1.54) is 16.6 Å². The standard InChI is InChI=1S/C22H25N5O4S/c23-13-16-5-3-7-18(11-16)25-21(28)17-6-4-10-27(15-17)32(30,31)19-12-20(24-14-19)22(29)26-8-1-2-9-26/h3,5,7,11-12,14,17,24H,1-2,4,6,8-10,15H2,(H,25,28)/t17-/m1/s1. The summed E-state index contributed by atoms with van der Waals surface area (Å²) in [6.07, 6.45) is 4.38. The van der Waals surface area contributed by atoms with Crippen molar-refractivity contribution in [3.8, 4) is 6.07 Å². The molecule has 32 heavy (non-hydrogen) atoms. The van der Waals surface area contributed by atoms with Crippen molar-refractivity contribution < 1.29 is 18.0 Å². The van der Waals surface area contributed by atoms with E-state index in [-0.39, 0.29) is 28.9 Å². The van der Waals surface area contributed by atoms with E-state index in [0.717, 1.165) is 12.8 Å². The number of aromatic amines is 1. The number of nitrogens with zero attached hydrogens (tertiary/aromatic N) is 3. The third-order valence-electron chi connectivity index (χ3n) is 5.93. The smallest absolute Gasteiger partial charge is 0.270 e. The van der Waals surface area contributed by atoms with Gasteiger partial charge in [0.15, 0.2) is 0 Å². The maximum Gasteiger partial charge on any atom is 0.270 e. The Hall–Kier alpha value is -3.16. The van der Waals surface area contributed by atoms with Gasteiger partial charge < -0.3 is 15.2 Å². The number of sulfonamides is 1. The Morgan fingerprint density at radius 1 is 1.12 bits per heavy atom. The van der Waals surface area contributed by atoms with E-state index in [9.17, 15) is 18.0 Å². The molecule has 2 amide bonds. The number of hydrogen-bond acceptors (Lipinski definition) is 5. The number of H-pyrrole nitrogens is 1. The lowest BCUT2D eigenvalue weighted by Gasteiger charge is -2.31. The summed E-state index contributed by atoms with van der Waals surface area (Å²) in [6, 6.07) is 10.00. The van der Waals surface area contributed by atoms with Gasteiger partial charge in [0.25, 0.3) is 5.91 Å². The van der Waals surface area contributed by atoms with Crippen molar-refractivity contribution in [2.24, 2.45) is 5.92 Å². The van der Waals surface area contributed by atoms with E-state index in [0.29, 0.717) is 43.7 Å². The molecule has 2 aliphatic rings. The minimum atomic E-state index is -3.84. The molecule has 168 valence electrons. The Kier molecular flexibility index (Phi) is 6.30. The zero-order valence-electron chi connectivity index (χ0n) is 17.6. The Bertz CT molecular complexity index is 1160. The van der Waals surface area contributed by atoms with Crippen molar-refractivity contribution in [1.29, 1.82) is 5.26 Å². The van der Waals surface area contributed by atoms with Crippen LogP contribution in [0.1, 0.15) is 41.7 Å². The first-order valence-corrected chi connectivity index (χ1v) is 12.1. The molecule has 1 atom stereocenters. The van der Waals surface area contributed by atoms with Crippen molar-refractivity contribution >= 4 is 27.5 Å². The molecule has 4 rings (SSSR count). The summed E-state index contributed by atoms with van der Waals surface area (Å²) in [6.45, 7) is 1.74. The van der Waals surface area contributed by atoms with Crippen LogP contribution in [0.4, 0.5) is 5.69 Å². The van der Waals surface area contributed by atoms with Crippen LogP contribution >= 0.6 is 0 Å². The van der Waals surface area contributed by atoms with Crippen LogP contribution in [-0.4, -0.2) is 60.6 Å². The largest absolute Gasteiger partial charge is 0.356 e. The molecule has 10 heteroatoms. The fourth-order valence-corrected chi connectivity index (χ4v) is 5.69. The van der Waals surface area contributed by atoms with E-state index in [1.54, 1.807) is 29.2 Å². The van der Waals surface area contributed by atoms with Gasteiger partial charge >= 0.3 is 0 Å². The van der Waals surface area contributed by atoms with Crippen LogP contribution in [0.25, 0.3) is 0 Å². The van der Waals surface area contributed by atoms with Crippen LogP contribution in [-0.2, 0) is 14.8 Å². The summed E-state index contributed by atoms with van der Waals surface area (Å²) in [7, 11) is -3.84. The van der Waals surface area contributed by atoms with Crippen molar-refractivity contribution in [2.75, 3.05) is 31.5 Å². The molecule has 2 N–H and O–H groups in total. The Morgan fingerprint density at radius 3 is 2.66 bits per heavy atom. The fraction of sp³-hybridized carbons (Fsp3) is 0.409. The Balaban J connectivity index is 1.44. The average molecular weight is 456 g/mol. The zero-order chi connectivity index (χ0) is 22.7. The van der Waals surface area contributed by atoms with Crippen LogP contribution in [0.3, 0.4) is 0 Å². The average Bonchev–Trinajstić information content (AvgIpc) is 3.52. The quantitative estimate of drug-likeness (QED) is 0.714. The van der Waals surface area contributed by atoms with Gasteiger partial charge in [-0.3, -0.25) is 9.59 Å². The lowest BCUT2D eigenvalue weighted by molar-refractivity contribution is -0.120. The molecule has 2 aromatic rings. The predicted molar refractivity (Wildman–Crippen MR) is 117 cm³/mol. The van der Waals surface area contributed by atoms with Gasteiger partial charge in [0.2, 0.25) is 15.9 Å². The number of rotatable bonds is 5. The van der Waals surface area contributed by atoms with Crippen molar-refractivity contribution in [2.45, 2.75) is 30.6 Å². The molecule has 0 spiro atoms. The zero-order valence-corrected chi connectivity index (χ0v) is 18.4. The highest BCUT2D eigenvalue weighted by atomic mass is 32.2. The number of likely N-dealkylation sites (tertiary alicyclic amines) is 1. The minimum Gasteiger partial charge on any atom is -0.356 e. The minimum absolute atomic E-state index is 0.0304. The predicted octanol–water partition coefficient (Wildman–Crippen LogP) is 2.16. The number of carbonyl (C=O) groups is 2. The number of piperidine rings is 1. The first-order valence-electron chi connectivity index (χ1n) is 10.7. The second-order valence-corrected chi connectivity index (χ2v) is 10.1. The summed E-state index contributed by atoms with van der Waals surface area (Å²) >= 11 is 0. The molecule has 1 aromatic carbocycles. The first-order chi connectivity index (χ1) is 15.4. The van der Waals surface area contributed by atoms with Crippen LogP contribution in [0.2, 0.25) is 0 Å². The summed E-state index contributed by atoms with van der Waals surface area (Å²) in [4.78, 5) is 29.8. The summed E-state index contributed by atoms with van der Waals surface area (Å²) in [5, 5.41) is 11.8. The second-order valence-electron chi connectivity index (χ2n) is 8.13. The first kappa shape index (κ1) is 22.0. The van der Waals surface area contributed by atoms with E-state index < -0.39 is 15.9 Å². The summed E-state index contributed by atoms with van der Waals surface area (Å²) < 4.78 is 27.6. The molecule has 0 aliphatic carbocycles. The molecule has 0 bridgehead atoms. The number of amides is 2. The highest BCUT2D eigenvalue weighted by Gasteiger charge is 2.34. The number of nitriles is 1. The van der Waals surface area contributed by atoms with Gasteiger partial charge in [-0.1, -0.05) is 6.07 Å². The normalized spacial score (nSPS) is 19.5. The SMILES string of the molecule is N#Cc1cccc(NC(=O)[C@@H]2CCCN(S(=O)(=O)c3c[nH]c(C(=O)N4CCCC4)c3)C2)c1. The van der Waals surface area contributed by atoms with Crippen LogP contribution in [0, 0.1) is 17.2 Å². The molecule has 2 aliphatic heterocycles. The highest BCUT2D eigenvalue weighted by Crippen LogP contribution is 2.26. The number of hydrogen-bond donors (Lipinski definition) is 2. The molecule has 2 saturated heterocycles. The molecule has 2 fully saturated rings. The maximum atomic E-state index is 13.2. The molecule has 1 aromatic heterocycles. The van der Waals surface area contributed by atoms with Gasteiger partial charge in [-0.25, -0.2) is 8.42 Å². The lowest BCUT2D eigenvalue weighted by Crippen LogP contribution is -2.43. The van der Waals surface area contributed by atoms with E-state index in [4.69, 9.17) is 5.26 Å². The van der Waals surface area contributed by atoms with E-state index >= 15 is 0 Å². The van der Waals surface area contributed by atoms with Crippen LogP contribution < -0.4 is 5.32 Å². The van der Waals surface area contributed by atoms with Gasteiger partial charge in [0.05, 0.1) is 17.6 Å². The molecular formula is C22H25N5O4S. The summed E-state index contributed by atoms with van der Waals surface area (Å²) in [5.74, 6) is -0.979. The van der Waals surface area contributed by atoms with Gasteiger partial charge in [0.1, 0.15) is 10.6 Å². The van der Waals surface area contributed by atoms with Crippen LogP contribution in [0.5, 0.6) is 0 Å². The molecule has 3 heterocycles. The highest BCUT2D eigenvalue weighted by molar-refractivity contribution is 7.89. The second kappa shape index (κ2) is 9.14. The lowest BCUT2D eigenvalue weighted by atomic mass is 9.98. The van der Waals surface area contributed by atoms with E-state index in [2.05, 4.69) is 10.3 Å². The number of benzene rings is 1. The molecule has 0 unspecified atom stereocenters.